The molecule has 58 heavy (non-hydrogen) atoms. The first-order chi connectivity index (χ1) is 27.9. The van der Waals surface area contributed by atoms with Crippen molar-refractivity contribution in [3.05, 3.63) is 180 Å². The fraction of sp³-hybridized carbons (Fsp3) is 0.0625. The van der Waals surface area contributed by atoms with Crippen molar-refractivity contribution in [1.82, 2.24) is 19.5 Å². The monoisotopic (exact) mass is 776 g/mol. The highest BCUT2D eigenvalue weighted by Crippen LogP contribution is 2.45. The van der Waals surface area contributed by atoms with E-state index in [0.717, 1.165) is 44.6 Å². The largest absolute Gasteiger partial charge is 0.417 e. The molecule has 0 aliphatic heterocycles. The molecular formula is C48H30F6N4. The average molecular weight is 777 g/mol. The van der Waals surface area contributed by atoms with Gasteiger partial charge in [0, 0.05) is 33.2 Å². The van der Waals surface area contributed by atoms with Gasteiger partial charge in [-0.05, 0) is 71.6 Å². The molecule has 2 heterocycles. The Kier molecular flexibility index (Phi) is 8.92. The van der Waals surface area contributed by atoms with E-state index in [0.29, 0.717) is 22.9 Å². The molecule has 0 bridgehead atoms. The summed E-state index contributed by atoms with van der Waals surface area (Å²) in [6.45, 7) is 2.01. The summed E-state index contributed by atoms with van der Waals surface area (Å²) in [7, 11) is 0. The first-order valence-electron chi connectivity index (χ1n) is 18.3. The van der Waals surface area contributed by atoms with E-state index in [1.807, 2.05) is 133 Å². The number of fused-ring (bicyclic) bond motifs is 3. The van der Waals surface area contributed by atoms with Crippen molar-refractivity contribution >= 4 is 21.8 Å². The fourth-order valence-corrected chi connectivity index (χ4v) is 7.46. The molecule has 2 aromatic heterocycles. The summed E-state index contributed by atoms with van der Waals surface area (Å²) >= 11 is 0. The lowest BCUT2D eigenvalue weighted by Crippen LogP contribution is -2.12. The van der Waals surface area contributed by atoms with Gasteiger partial charge in [-0.2, -0.15) is 26.3 Å². The zero-order valence-corrected chi connectivity index (χ0v) is 30.6. The van der Waals surface area contributed by atoms with Crippen LogP contribution in [-0.4, -0.2) is 19.5 Å². The molecule has 0 saturated carbocycles. The lowest BCUT2D eigenvalue weighted by atomic mass is 9.92. The Morgan fingerprint density at radius 1 is 0.414 bits per heavy atom. The Labute approximate surface area is 328 Å². The lowest BCUT2D eigenvalue weighted by molar-refractivity contribution is -0.142. The molecule has 7 aromatic carbocycles. The van der Waals surface area contributed by atoms with Crippen LogP contribution in [0.2, 0.25) is 0 Å². The number of aryl methyl sites for hydroxylation is 1. The summed E-state index contributed by atoms with van der Waals surface area (Å²) in [5, 5.41) is 1.84. The second kappa shape index (κ2) is 14.1. The minimum atomic E-state index is -5.15. The Bertz CT molecular complexity index is 2930. The highest BCUT2D eigenvalue weighted by molar-refractivity contribution is 6.10. The van der Waals surface area contributed by atoms with Crippen LogP contribution in [0.25, 0.3) is 83.9 Å². The molecule has 0 unspecified atom stereocenters. The predicted octanol–water partition coefficient (Wildman–Crippen LogP) is 13.6. The summed E-state index contributed by atoms with van der Waals surface area (Å²) in [6.07, 6.45) is -10.2. The third-order valence-corrected chi connectivity index (χ3v) is 10.2. The smallest absolute Gasteiger partial charge is 0.309 e. The molecule has 0 saturated heterocycles. The van der Waals surface area contributed by atoms with E-state index in [9.17, 15) is 13.2 Å². The second-order valence-electron chi connectivity index (χ2n) is 14.0. The van der Waals surface area contributed by atoms with E-state index in [4.69, 9.17) is 15.0 Å². The summed E-state index contributed by atoms with van der Waals surface area (Å²) in [6, 6.07) is 46.8. The summed E-state index contributed by atoms with van der Waals surface area (Å²) in [4.78, 5) is 14.3. The molecule has 0 amide bonds. The zero-order chi connectivity index (χ0) is 40.2. The Hall–Kier alpha value is -7.07. The van der Waals surface area contributed by atoms with Gasteiger partial charge in [0.05, 0.1) is 22.2 Å². The fourth-order valence-electron chi connectivity index (χ4n) is 7.46. The zero-order valence-electron chi connectivity index (χ0n) is 30.6. The number of aromatic nitrogens is 4. The van der Waals surface area contributed by atoms with Crippen LogP contribution >= 0.6 is 0 Å². The Balaban J connectivity index is 1.35. The Morgan fingerprint density at radius 3 is 1.66 bits per heavy atom. The molecule has 9 aromatic rings. The number of benzene rings is 7. The van der Waals surface area contributed by atoms with E-state index in [2.05, 4.69) is 6.07 Å². The van der Waals surface area contributed by atoms with Gasteiger partial charge in [0.2, 0.25) is 0 Å². The highest BCUT2D eigenvalue weighted by atomic mass is 19.4. The number of halogens is 6. The minimum Gasteiger partial charge on any atom is -0.309 e. The van der Waals surface area contributed by atoms with Crippen LogP contribution in [0.5, 0.6) is 0 Å². The molecule has 0 spiro atoms. The third kappa shape index (κ3) is 6.76. The van der Waals surface area contributed by atoms with Gasteiger partial charge in [-0.15, -0.1) is 0 Å². The van der Waals surface area contributed by atoms with E-state index in [1.165, 1.54) is 0 Å². The molecule has 0 N–H and O–H groups in total. The third-order valence-electron chi connectivity index (χ3n) is 10.2. The van der Waals surface area contributed by atoms with E-state index in [1.54, 1.807) is 18.2 Å². The molecule has 9 rings (SSSR count). The number of hydrogen-bond donors (Lipinski definition) is 0. The molecule has 0 fully saturated rings. The van der Waals surface area contributed by atoms with Gasteiger partial charge >= 0.3 is 12.4 Å². The molecular weight excluding hydrogens is 747 g/mol. The summed E-state index contributed by atoms with van der Waals surface area (Å²) in [5.41, 5.74) is 3.22. The molecule has 0 aliphatic carbocycles. The van der Waals surface area contributed by atoms with Crippen molar-refractivity contribution < 1.29 is 26.3 Å². The van der Waals surface area contributed by atoms with Crippen LogP contribution in [-0.2, 0) is 12.4 Å². The number of para-hydroxylation sites is 1. The normalized spacial score (nSPS) is 12.1. The maximum absolute atomic E-state index is 15.0. The van der Waals surface area contributed by atoms with Crippen molar-refractivity contribution in [3.63, 3.8) is 0 Å². The first kappa shape index (κ1) is 36.6. The van der Waals surface area contributed by atoms with Gasteiger partial charge in [-0.3, -0.25) is 0 Å². The van der Waals surface area contributed by atoms with Gasteiger partial charge in [-0.1, -0.05) is 127 Å². The van der Waals surface area contributed by atoms with Crippen LogP contribution in [0.15, 0.2) is 164 Å². The first-order valence-corrected chi connectivity index (χ1v) is 18.3. The summed E-state index contributed by atoms with van der Waals surface area (Å²) < 4.78 is 88.9. The number of alkyl halides is 6. The van der Waals surface area contributed by atoms with Crippen LogP contribution in [0, 0.1) is 6.92 Å². The number of hydrogen-bond acceptors (Lipinski definition) is 3. The minimum absolute atomic E-state index is 0.0106. The van der Waals surface area contributed by atoms with Crippen molar-refractivity contribution in [2.75, 3.05) is 0 Å². The molecule has 0 aliphatic rings. The standard InChI is InChI=1S/C48H30F6N4/c1-29-11-10-16-32(25-29)33-19-22-38-37-17-8-9-18-42(37)58(43(38)26-33)35-21-24-39(40(28-35)36-23-20-34(47(49,50)51)27-41(36)48(52,53)54)46-56-44(30-12-4-2-5-13-30)55-45(57-46)31-14-6-3-7-15-31/h2-28H,1H3. The van der Waals surface area contributed by atoms with Crippen molar-refractivity contribution in [2.24, 2.45) is 0 Å². The molecule has 4 nitrogen and oxygen atoms in total. The summed E-state index contributed by atoms with van der Waals surface area (Å²) in [5.74, 6) is 0.592. The predicted molar refractivity (Wildman–Crippen MR) is 216 cm³/mol. The van der Waals surface area contributed by atoms with Gasteiger partial charge in [0.1, 0.15) is 0 Å². The molecule has 0 radical (unpaired) electrons. The molecule has 10 heteroatoms. The van der Waals surface area contributed by atoms with E-state index in [-0.39, 0.29) is 34.7 Å². The highest BCUT2D eigenvalue weighted by Gasteiger charge is 2.39. The van der Waals surface area contributed by atoms with Crippen molar-refractivity contribution in [2.45, 2.75) is 19.3 Å². The van der Waals surface area contributed by atoms with Crippen LogP contribution in [0.1, 0.15) is 16.7 Å². The van der Waals surface area contributed by atoms with Crippen molar-refractivity contribution in [3.8, 4) is 62.1 Å². The molecule has 284 valence electrons. The van der Waals surface area contributed by atoms with Crippen LogP contribution < -0.4 is 0 Å². The topological polar surface area (TPSA) is 43.6 Å². The van der Waals surface area contributed by atoms with Crippen molar-refractivity contribution in [1.29, 1.82) is 0 Å². The van der Waals surface area contributed by atoms with Gasteiger partial charge in [0.25, 0.3) is 0 Å². The maximum atomic E-state index is 15.0. The number of nitrogens with zero attached hydrogens (tertiary/aromatic N) is 4. The lowest BCUT2D eigenvalue weighted by Gasteiger charge is -2.20. The second-order valence-corrected chi connectivity index (χ2v) is 14.0. The molecule has 0 atom stereocenters. The number of rotatable bonds is 6. The van der Waals surface area contributed by atoms with Gasteiger partial charge in [-0.25, -0.2) is 15.0 Å². The van der Waals surface area contributed by atoms with Crippen LogP contribution in [0.3, 0.4) is 0 Å². The average Bonchev–Trinajstić information content (AvgIpc) is 3.57. The van der Waals surface area contributed by atoms with E-state index >= 15 is 13.2 Å². The van der Waals surface area contributed by atoms with Gasteiger partial charge in [0.15, 0.2) is 17.5 Å². The quantitative estimate of drug-likeness (QED) is 0.158. The Morgan fingerprint density at radius 2 is 1.00 bits per heavy atom. The van der Waals surface area contributed by atoms with Gasteiger partial charge < -0.3 is 4.57 Å². The van der Waals surface area contributed by atoms with E-state index < -0.39 is 29.0 Å². The SMILES string of the molecule is Cc1cccc(-c2ccc3c4ccccc4n(-c4ccc(-c5nc(-c6ccccc6)nc(-c6ccccc6)n5)c(-c5ccc(C(F)(F)F)cc5C(F)(F)F)c4)c3c2)c1. The van der Waals surface area contributed by atoms with Crippen LogP contribution in [0.4, 0.5) is 26.3 Å². The maximum Gasteiger partial charge on any atom is 0.417 e.